The summed E-state index contributed by atoms with van der Waals surface area (Å²) in [5.74, 6) is -1.57. The van der Waals surface area contributed by atoms with E-state index in [1.54, 1.807) is 12.2 Å². The van der Waals surface area contributed by atoms with Gasteiger partial charge in [-0.1, -0.05) is 115 Å². The molecule has 3 amide bonds. The number of carbonyl (C=O) groups excluding carboxylic acids is 4. The standard InChI is InChI=1S/C50H61N3O8/c1-3-5-24-43(31-38-18-9-6-10-19-38)49(57)60-37-44(25-15-16-30-51-50(58)61-36-41-22-13-8-14-23-41)53-48(56)42(17-4-2)33-47(55)52-45(34-54)32-39-26-28-46(29-27-39)59-35-40-20-11-7-12-21-40/h3-4,6-14,18-23,26-29,42-45,54H,1-2,5,15-17,24-25,30-37H2,(H,51,58)(H,52,55)(H,53,56). The molecule has 61 heavy (non-hydrogen) atoms. The summed E-state index contributed by atoms with van der Waals surface area (Å²) in [5.41, 5.74) is 3.86. The Morgan fingerprint density at radius 1 is 0.639 bits per heavy atom. The van der Waals surface area contributed by atoms with E-state index in [0.29, 0.717) is 63.8 Å². The highest BCUT2D eigenvalue weighted by molar-refractivity contribution is 5.86. The maximum absolute atomic E-state index is 13.8. The van der Waals surface area contributed by atoms with Crippen LogP contribution in [0.15, 0.2) is 141 Å². The van der Waals surface area contributed by atoms with Crippen LogP contribution in [0.1, 0.15) is 67.2 Å². The first-order valence-corrected chi connectivity index (χ1v) is 21.1. The molecular formula is C50H61N3O8. The third-order valence-electron chi connectivity index (χ3n) is 10.1. The van der Waals surface area contributed by atoms with Gasteiger partial charge in [-0.2, -0.15) is 0 Å². The van der Waals surface area contributed by atoms with E-state index in [1.165, 1.54) is 0 Å². The fraction of sp³-hybridized carbons (Fsp3) is 0.360. The third-order valence-corrected chi connectivity index (χ3v) is 10.1. The summed E-state index contributed by atoms with van der Waals surface area (Å²) in [4.78, 5) is 52.9. The lowest BCUT2D eigenvalue weighted by molar-refractivity contribution is -0.150. The van der Waals surface area contributed by atoms with Crippen LogP contribution in [0, 0.1) is 11.8 Å². The molecule has 0 bridgehead atoms. The number of allylic oxidation sites excluding steroid dienone is 2. The van der Waals surface area contributed by atoms with Crippen LogP contribution in [0.3, 0.4) is 0 Å². The number of hydrogen-bond acceptors (Lipinski definition) is 8. The van der Waals surface area contributed by atoms with E-state index >= 15 is 0 Å². The minimum atomic E-state index is -0.754. The summed E-state index contributed by atoms with van der Waals surface area (Å²) in [7, 11) is 0. The first-order valence-electron chi connectivity index (χ1n) is 21.1. The van der Waals surface area contributed by atoms with E-state index < -0.39 is 30.0 Å². The highest BCUT2D eigenvalue weighted by Gasteiger charge is 2.27. The molecule has 0 saturated carbocycles. The second-order valence-electron chi connectivity index (χ2n) is 15.1. The van der Waals surface area contributed by atoms with Crippen molar-refractivity contribution >= 4 is 23.9 Å². The SMILES string of the molecule is C=CCCC(Cc1ccccc1)C(=O)OCC(CCCCNC(=O)OCc1ccccc1)NC(=O)C(CC=C)CC(=O)NC(CO)Cc1ccc(OCc2ccccc2)cc1. The predicted molar refractivity (Wildman–Crippen MR) is 237 cm³/mol. The molecule has 11 nitrogen and oxygen atoms in total. The summed E-state index contributed by atoms with van der Waals surface area (Å²) < 4.78 is 17.1. The van der Waals surface area contributed by atoms with Gasteiger partial charge < -0.3 is 35.3 Å². The van der Waals surface area contributed by atoms with Crippen LogP contribution in [-0.2, 0) is 49.9 Å². The Kier molecular flexibility index (Phi) is 21.4. The number of carbonyl (C=O) groups is 4. The molecule has 0 saturated heterocycles. The molecule has 4 unspecified atom stereocenters. The van der Waals surface area contributed by atoms with Gasteiger partial charge in [-0.05, 0) is 85.8 Å². The summed E-state index contributed by atoms with van der Waals surface area (Å²) >= 11 is 0. The molecule has 324 valence electrons. The second kappa shape index (κ2) is 27.5. The number of hydrogen-bond donors (Lipinski definition) is 4. The number of rotatable bonds is 28. The van der Waals surface area contributed by atoms with Crippen molar-refractivity contribution in [2.45, 2.75) is 83.1 Å². The largest absolute Gasteiger partial charge is 0.489 e. The summed E-state index contributed by atoms with van der Waals surface area (Å²) in [5, 5.41) is 18.8. The Labute approximate surface area is 360 Å². The van der Waals surface area contributed by atoms with E-state index in [-0.39, 0.29) is 50.4 Å². The fourth-order valence-electron chi connectivity index (χ4n) is 6.72. The van der Waals surface area contributed by atoms with Crippen LogP contribution in [0.25, 0.3) is 0 Å². The van der Waals surface area contributed by atoms with E-state index in [2.05, 4.69) is 29.1 Å². The van der Waals surface area contributed by atoms with Crippen molar-refractivity contribution in [1.29, 1.82) is 0 Å². The normalized spacial score (nSPS) is 12.7. The minimum absolute atomic E-state index is 0.0633. The molecule has 0 spiro atoms. The van der Waals surface area contributed by atoms with Crippen LogP contribution in [0.4, 0.5) is 4.79 Å². The minimum Gasteiger partial charge on any atom is -0.489 e. The van der Waals surface area contributed by atoms with E-state index in [1.807, 2.05) is 115 Å². The molecule has 11 heteroatoms. The van der Waals surface area contributed by atoms with E-state index in [0.717, 1.165) is 22.3 Å². The number of ether oxygens (including phenoxy) is 3. The van der Waals surface area contributed by atoms with Gasteiger partial charge in [-0.3, -0.25) is 14.4 Å². The summed E-state index contributed by atoms with van der Waals surface area (Å²) in [6.07, 6.45) is 6.67. The smallest absolute Gasteiger partial charge is 0.407 e. The zero-order valence-electron chi connectivity index (χ0n) is 35.1. The first kappa shape index (κ1) is 47.5. The van der Waals surface area contributed by atoms with Gasteiger partial charge in [0.05, 0.1) is 30.5 Å². The number of unbranched alkanes of at least 4 members (excludes halogenated alkanes) is 1. The Balaban J connectivity index is 1.32. The van der Waals surface area contributed by atoms with Crippen molar-refractivity contribution in [2.75, 3.05) is 19.8 Å². The topological polar surface area (TPSA) is 152 Å². The second-order valence-corrected chi connectivity index (χ2v) is 15.1. The van der Waals surface area contributed by atoms with Crippen LogP contribution in [0.2, 0.25) is 0 Å². The zero-order chi connectivity index (χ0) is 43.5. The average Bonchev–Trinajstić information content (AvgIpc) is 3.28. The Hall–Kier alpha value is -6.20. The lowest BCUT2D eigenvalue weighted by Crippen LogP contribution is -2.45. The fourth-order valence-corrected chi connectivity index (χ4v) is 6.72. The molecule has 4 N–H and O–H groups in total. The molecule has 4 atom stereocenters. The van der Waals surface area contributed by atoms with E-state index in [9.17, 15) is 24.3 Å². The van der Waals surface area contributed by atoms with Gasteiger partial charge in [-0.15, -0.1) is 13.2 Å². The van der Waals surface area contributed by atoms with Gasteiger partial charge in [0.1, 0.15) is 25.6 Å². The van der Waals surface area contributed by atoms with Crippen molar-refractivity contribution in [1.82, 2.24) is 16.0 Å². The van der Waals surface area contributed by atoms with Crippen molar-refractivity contribution in [3.05, 3.63) is 163 Å². The van der Waals surface area contributed by atoms with Crippen molar-refractivity contribution in [2.24, 2.45) is 11.8 Å². The van der Waals surface area contributed by atoms with Gasteiger partial charge in [0.25, 0.3) is 0 Å². The van der Waals surface area contributed by atoms with Crippen LogP contribution < -0.4 is 20.7 Å². The Morgan fingerprint density at radius 2 is 1.26 bits per heavy atom. The molecule has 0 aromatic heterocycles. The predicted octanol–water partition coefficient (Wildman–Crippen LogP) is 7.82. The molecule has 0 aliphatic rings. The molecule has 0 aliphatic carbocycles. The average molecular weight is 832 g/mol. The van der Waals surface area contributed by atoms with Crippen LogP contribution >= 0.6 is 0 Å². The van der Waals surface area contributed by atoms with Gasteiger partial charge in [0, 0.05) is 13.0 Å². The Bertz CT molecular complexity index is 1910. The molecule has 0 aliphatic heterocycles. The molecule has 4 aromatic rings. The highest BCUT2D eigenvalue weighted by atomic mass is 16.5. The summed E-state index contributed by atoms with van der Waals surface area (Å²) in [6.45, 7) is 8.22. The van der Waals surface area contributed by atoms with Crippen LogP contribution in [0.5, 0.6) is 5.75 Å². The van der Waals surface area contributed by atoms with Crippen molar-refractivity contribution < 1.29 is 38.5 Å². The van der Waals surface area contributed by atoms with Gasteiger partial charge in [0.2, 0.25) is 11.8 Å². The highest BCUT2D eigenvalue weighted by Crippen LogP contribution is 2.19. The number of nitrogens with one attached hydrogen (secondary N) is 3. The molecule has 0 fully saturated rings. The molecule has 4 rings (SSSR count). The molecule has 0 radical (unpaired) electrons. The molecular weight excluding hydrogens is 771 g/mol. The third kappa shape index (κ3) is 18.7. The summed E-state index contributed by atoms with van der Waals surface area (Å²) in [6, 6.07) is 35.4. The lowest BCUT2D eigenvalue weighted by atomic mass is 9.95. The number of amides is 3. The molecule has 4 aromatic carbocycles. The quantitative estimate of drug-likeness (QED) is 0.0257. The Morgan fingerprint density at radius 3 is 1.89 bits per heavy atom. The van der Waals surface area contributed by atoms with E-state index in [4.69, 9.17) is 14.2 Å². The monoisotopic (exact) mass is 831 g/mol. The number of benzene rings is 4. The number of alkyl carbamates (subject to hydrolysis) is 1. The molecule has 0 heterocycles. The van der Waals surface area contributed by atoms with Crippen LogP contribution in [-0.4, -0.2) is 60.8 Å². The number of aliphatic hydroxyl groups is 1. The number of aliphatic hydroxyl groups excluding tert-OH is 1. The first-order chi connectivity index (χ1) is 29.8. The van der Waals surface area contributed by atoms with Crippen molar-refractivity contribution in [3.63, 3.8) is 0 Å². The number of esters is 1. The van der Waals surface area contributed by atoms with Gasteiger partial charge >= 0.3 is 12.1 Å². The maximum Gasteiger partial charge on any atom is 0.407 e. The zero-order valence-corrected chi connectivity index (χ0v) is 35.1. The van der Waals surface area contributed by atoms with Gasteiger partial charge in [-0.25, -0.2) is 4.79 Å². The maximum atomic E-state index is 13.8. The lowest BCUT2D eigenvalue weighted by Gasteiger charge is -2.24. The van der Waals surface area contributed by atoms with Crippen molar-refractivity contribution in [3.8, 4) is 5.75 Å². The van der Waals surface area contributed by atoms with Gasteiger partial charge in [0.15, 0.2) is 0 Å².